The zero-order valence-corrected chi connectivity index (χ0v) is 32.7. The van der Waals surface area contributed by atoms with Crippen molar-refractivity contribution in [3.63, 3.8) is 0 Å². The van der Waals surface area contributed by atoms with Crippen molar-refractivity contribution in [2.24, 2.45) is 23.7 Å². The summed E-state index contributed by atoms with van der Waals surface area (Å²) >= 11 is 0. The fourth-order valence-corrected chi connectivity index (χ4v) is 8.07. The Balaban J connectivity index is 0.000000162. The van der Waals surface area contributed by atoms with Gasteiger partial charge in [-0.15, -0.1) is 0 Å². The van der Waals surface area contributed by atoms with Crippen LogP contribution in [0.2, 0.25) is 0 Å². The number of nitrogens with one attached hydrogen (secondary N) is 5. The Kier molecular flexibility index (Phi) is 27.9. The number of piperazine rings is 1. The summed E-state index contributed by atoms with van der Waals surface area (Å²) in [5.74, 6) is 4.71. The van der Waals surface area contributed by atoms with Crippen LogP contribution in [0.3, 0.4) is 0 Å². The molecule has 1 aromatic carbocycles. The number of aromatic nitrogens is 1. The zero-order chi connectivity index (χ0) is 36.3. The van der Waals surface area contributed by atoms with Gasteiger partial charge in [-0.2, -0.15) is 0 Å². The molecule has 3 saturated heterocycles. The molecule has 52 heavy (non-hydrogen) atoms. The van der Waals surface area contributed by atoms with Crippen LogP contribution in [0.25, 0.3) is 0 Å². The Morgan fingerprint density at radius 1 is 0.385 bits per heavy atom. The van der Waals surface area contributed by atoms with E-state index in [9.17, 15) is 0 Å². The molecule has 0 amide bonds. The van der Waals surface area contributed by atoms with Gasteiger partial charge in [-0.25, -0.2) is 0 Å². The molecule has 5 aliphatic carbocycles. The van der Waals surface area contributed by atoms with Crippen LogP contribution in [0, 0.1) is 23.7 Å². The highest BCUT2D eigenvalue weighted by atomic mass is 16.5. The van der Waals surface area contributed by atoms with Crippen molar-refractivity contribution in [2.45, 2.75) is 103 Å². The standard InChI is InChI=1S/C10H16.C6H12.C6H6.C5H11N.C5H7N.C5H5N.C4H10N2.C4H9NO/c1-7-2-9-4-8(1)5-10(3-7)6-9;5*1-2-4-6-5-3-1;1-2-6-4-3-5-1;1-3-6-4-2-5-1/h7-10H,1-6H2;1-6H2;1-6H;6H,1-5H2;2-6H,1H2;1-5H;5-6H,1-4H2;5H,1-4H2. The molecule has 8 fully saturated rings. The molecule has 292 valence electrons. The Hall–Kier alpha value is -2.55. The molecule has 7 heteroatoms. The first-order valence-electron chi connectivity index (χ1n) is 21.2. The number of nitrogens with zero attached hydrogens (tertiary/aromatic N) is 1. The number of piperidine rings is 1. The van der Waals surface area contributed by atoms with Gasteiger partial charge in [0.2, 0.25) is 0 Å². The van der Waals surface area contributed by atoms with Gasteiger partial charge in [0.25, 0.3) is 0 Å². The molecule has 2 aromatic rings. The smallest absolute Gasteiger partial charge is 0.0591 e. The van der Waals surface area contributed by atoms with Crippen molar-refractivity contribution in [2.75, 3.05) is 65.6 Å². The van der Waals surface area contributed by atoms with Gasteiger partial charge in [0, 0.05) is 51.7 Å². The zero-order valence-electron chi connectivity index (χ0n) is 32.7. The number of ether oxygens (including phenoxy) is 1. The SMILES string of the molecule is C1=CNC=CC1.C1C2CC3CC1CC(C2)C3.C1CCCCC1.C1CCNCC1.C1CNCCN1.C1COCCN1.c1ccccc1.c1ccncc1. The molecule has 5 heterocycles. The van der Waals surface area contributed by atoms with E-state index in [4.69, 9.17) is 4.74 Å². The van der Waals surface area contributed by atoms with E-state index in [0.717, 1.165) is 58.9 Å². The summed E-state index contributed by atoms with van der Waals surface area (Å²) < 4.78 is 5.01. The lowest BCUT2D eigenvalue weighted by atomic mass is 9.56. The van der Waals surface area contributed by atoms with Crippen molar-refractivity contribution in [1.82, 2.24) is 31.6 Å². The van der Waals surface area contributed by atoms with E-state index >= 15 is 0 Å². The van der Waals surface area contributed by atoms with Gasteiger partial charge in [-0.05, 0) is 119 Å². The lowest BCUT2D eigenvalue weighted by Crippen LogP contribution is -2.39. The second kappa shape index (κ2) is 33.1. The highest BCUT2D eigenvalue weighted by Crippen LogP contribution is 2.53. The van der Waals surface area contributed by atoms with Gasteiger partial charge < -0.3 is 31.3 Å². The third-order valence-electron chi connectivity index (χ3n) is 10.4. The van der Waals surface area contributed by atoms with Crippen LogP contribution in [-0.2, 0) is 4.74 Å². The van der Waals surface area contributed by atoms with E-state index in [1.165, 1.54) is 94.5 Å². The maximum Gasteiger partial charge on any atom is 0.0591 e. The lowest BCUT2D eigenvalue weighted by Gasteiger charge is -2.49. The average molecular weight is 717 g/mol. The first-order chi connectivity index (χ1) is 25.9. The summed E-state index contributed by atoms with van der Waals surface area (Å²) in [4.78, 5) is 3.78. The molecular weight excluding hydrogens is 641 g/mol. The normalized spacial score (nSPS) is 26.0. The molecule has 9 aliphatic rings. The Bertz CT molecular complexity index is 797. The molecule has 0 radical (unpaired) electrons. The minimum atomic E-state index is 0.889. The van der Waals surface area contributed by atoms with E-state index in [1.807, 2.05) is 67.0 Å². The number of pyridine rings is 1. The largest absolute Gasteiger partial charge is 0.379 e. The highest BCUT2D eigenvalue weighted by molar-refractivity contribution is 4.99. The summed E-state index contributed by atoms with van der Waals surface area (Å²) in [6.07, 6.45) is 35.4. The van der Waals surface area contributed by atoms with Gasteiger partial charge in [0.1, 0.15) is 0 Å². The fraction of sp³-hybridized carbons (Fsp3) is 0.667. The van der Waals surface area contributed by atoms with Gasteiger partial charge in [0.15, 0.2) is 0 Å². The van der Waals surface area contributed by atoms with Crippen molar-refractivity contribution >= 4 is 0 Å². The van der Waals surface area contributed by atoms with Crippen molar-refractivity contribution < 1.29 is 4.74 Å². The van der Waals surface area contributed by atoms with E-state index in [1.54, 1.807) is 50.9 Å². The Morgan fingerprint density at radius 2 is 0.731 bits per heavy atom. The average Bonchev–Trinajstić information content (AvgIpc) is 3.26. The molecule has 0 unspecified atom stereocenters. The number of benzene rings is 1. The summed E-state index contributed by atoms with van der Waals surface area (Å²) in [5.41, 5.74) is 0. The fourth-order valence-electron chi connectivity index (χ4n) is 8.07. The summed E-state index contributed by atoms with van der Waals surface area (Å²) in [5, 5.41) is 15.8. The maximum atomic E-state index is 5.01. The molecule has 0 atom stereocenters. The van der Waals surface area contributed by atoms with Crippen molar-refractivity contribution in [1.29, 1.82) is 0 Å². The summed E-state index contributed by atoms with van der Waals surface area (Å²) in [7, 11) is 0. The summed E-state index contributed by atoms with van der Waals surface area (Å²) in [6.45, 7) is 10.9. The first kappa shape index (κ1) is 43.9. The molecule has 1 aromatic heterocycles. The molecular formula is C45H76N6O. The number of morpholine rings is 1. The predicted molar refractivity (Wildman–Crippen MR) is 222 cm³/mol. The monoisotopic (exact) mass is 717 g/mol. The van der Waals surface area contributed by atoms with E-state index in [2.05, 4.69) is 43.7 Å². The lowest BCUT2D eigenvalue weighted by molar-refractivity contribution is 0.0198. The second-order valence-corrected chi connectivity index (χ2v) is 15.1. The van der Waals surface area contributed by atoms with Crippen molar-refractivity contribution in [3.8, 4) is 0 Å². The number of allylic oxidation sites excluding steroid dienone is 2. The number of rotatable bonds is 0. The predicted octanol–water partition coefficient (Wildman–Crippen LogP) is 8.49. The van der Waals surface area contributed by atoms with Gasteiger partial charge in [-0.1, -0.05) is 99.6 Å². The van der Waals surface area contributed by atoms with Crippen LogP contribution in [0.4, 0.5) is 0 Å². The van der Waals surface area contributed by atoms with Gasteiger partial charge in [-0.3, -0.25) is 4.98 Å². The van der Waals surface area contributed by atoms with Crippen LogP contribution in [0.1, 0.15) is 103 Å². The second-order valence-electron chi connectivity index (χ2n) is 15.1. The van der Waals surface area contributed by atoms with Crippen molar-refractivity contribution in [3.05, 3.63) is 91.5 Å². The number of hydrogen-bond donors (Lipinski definition) is 5. The van der Waals surface area contributed by atoms with E-state index in [0.29, 0.717) is 0 Å². The third-order valence-corrected chi connectivity index (χ3v) is 10.4. The summed E-state index contributed by atoms with van der Waals surface area (Å²) in [6, 6.07) is 17.7. The minimum absolute atomic E-state index is 0.889. The first-order valence-corrected chi connectivity index (χ1v) is 21.2. The van der Waals surface area contributed by atoms with Crippen LogP contribution >= 0.6 is 0 Å². The van der Waals surface area contributed by atoms with Gasteiger partial charge in [0.05, 0.1) is 13.2 Å². The number of hydrogen-bond acceptors (Lipinski definition) is 7. The van der Waals surface area contributed by atoms with Crippen LogP contribution < -0.4 is 26.6 Å². The Labute approximate surface area is 319 Å². The van der Waals surface area contributed by atoms with Crippen LogP contribution in [-0.4, -0.2) is 70.6 Å². The quantitative estimate of drug-likeness (QED) is 0.187. The third kappa shape index (κ3) is 25.4. The molecule has 5 N–H and O–H groups in total. The maximum absolute atomic E-state index is 5.01. The van der Waals surface area contributed by atoms with E-state index in [-0.39, 0.29) is 0 Å². The van der Waals surface area contributed by atoms with Gasteiger partial charge >= 0.3 is 0 Å². The molecule has 4 bridgehead atoms. The molecule has 4 aliphatic heterocycles. The molecule has 11 rings (SSSR count). The highest BCUT2D eigenvalue weighted by Gasteiger charge is 2.41. The minimum Gasteiger partial charge on any atom is -0.379 e. The van der Waals surface area contributed by atoms with Crippen LogP contribution in [0.15, 0.2) is 91.5 Å². The number of dihydropyridines is 1. The Morgan fingerprint density at radius 3 is 0.904 bits per heavy atom. The molecule has 5 saturated carbocycles. The van der Waals surface area contributed by atoms with Crippen LogP contribution in [0.5, 0.6) is 0 Å². The van der Waals surface area contributed by atoms with E-state index < -0.39 is 0 Å². The molecule has 7 nitrogen and oxygen atoms in total. The molecule has 0 spiro atoms. The topological polar surface area (TPSA) is 82.3 Å².